The van der Waals surface area contributed by atoms with E-state index < -0.39 is 14.9 Å². The molecule has 0 aromatic heterocycles. The zero-order valence-electron chi connectivity index (χ0n) is 8.59. The lowest BCUT2D eigenvalue weighted by Gasteiger charge is -2.05. The molecule has 7 nitrogen and oxygen atoms in total. The van der Waals surface area contributed by atoms with E-state index in [0.29, 0.717) is 0 Å². The maximum absolute atomic E-state index is 11.7. The third kappa shape index (κ3) is 3.46. The zero-order chi connectivity index (χ0) is 13.1. The Morgan fingerprint density at radius 1 is 1.47 bits per heavy atom. The number of hydrogen-bond acceptors (Lipinski definition) is 5. The van der Waals surface area contributed by atoms with Gasteiger partial charge in [-0.1, -0.05) is 0 Å². The van der Waals surface area contributed by atoms with Gasteiger partial charge in [0.05, 0.1) is 14.3 Å². The minimum atomic E-state index is -3.67. The summed E-state index contributed by atoms with van der Waals surface area (Å²) < 4.78 is 25.7. The highest BCUT2D eigenvalue weighted by atomic mass is 79.9. The fraction of sp³-hybridized carbons (Fsp3) is 0.250. The highest BCUT2D eigenvalue weighted by molar-refractivity contribution is 9.10. The first-order valence-electron chi connectivity index (χ1n) is 4.52. The lowest BCUT2D eigenvalue weighted by Crippen LogP contribution is -2.29. The molecule has 0 radical (unpaired) electrons. The molecule has 0 atom stereocenters. The normalized spacial score (nSPS) is 11.4. The van der Waals surface area contributed by atoms with Crippen LogP contribution in [-0.2, 0) is 10.0 Å². The minimum absolute atomic E-state index is 0.0524. The van der Waals surface area contributed by atoms with E-state index in [9.17, 15) is 18.5 Å². The van der Waals surface area contributed by atoms with E-state index in [2.05, 4.69) is 20.7 Å². The van der Waals surface area contributed by atoms with Crippen LogP contribution in [0.25, 0.3) is 0 Å². The van der Waals surface area contributed by atoms with E-state index in [1.54, 1.807) is 0 Å². The Morgan fingerprint density at radius 2 is 2.12 bits per heavy atom. The lowest BCUT2D eigenvalue weighted by molar-refractivity contribution is -0.385. The quantitative estimate of drug-likeness (QED) is 0.608. The van der Waals surface area contributed by atoms with Crippen molar-refractivity contribution < 1.29 is 13.3 Å². The van der Waals surface area contributed by atoms with E-state index in [1.165, 1.54) is 12.1 Å². The predicted octanol–water partition coefficient (Wildman–Crippen LogP) is 0.594. The standard InChI is InChI=1S/C8H10BrN3O4S/c9-7-5-6(1-2-8(7)12(13)14)17(15,16)11-4-3-10/h1-2,5,11H,3-4,10H2. The summed E-state index contributed by atoms with van der Waals surface area (Å²) in [6, 6.07) is 3.47. The number of nitrogens with two attached hydrogens (primary N) is 1. The molecular weight excluding hydrogens is 314 g/mol. The van der Waals surface area contributed by atoms with Gasteiger partial charge in [-0.15, -0.1) is 0 Å². The van der Waals surface area contributed by atoms with Crippen LogP contribution in [-0.4, -0.2) is 26.4 Å². The highest BCUT2D eigenvalue weighted by Gasteiger charge is 2.18. The van der Waals surface area contributed by atoms with Gasteiger partial charge < -0.3 is 5.73 Å². The van der Waals surface area contributed by atoms with Crippen molar-refractivity contribution in [2.24, 2.45) is 5.73 Å². The van der Waals surface area contributed by atoms with E-state index in [-0.39, 0.29) is 28.1 Å². The first kappa shape index (κ1) is 14.0. The largest absolute Gasteiger partial charge is 0.329 e. The number of halogens is 1. The molecule has 0 aliphatic carbocycles. The van der Waals surface area contributed by atoms with Crippen molar-refractivity contribution in [3.05, 3.63) is 32.8 Å². The molecule has 0 fully saturated rings. The summed E-state index contributed by atoms with van der Waals surface area (Å²) in [4.78, 5) is 9.89. The molecule has 94 valence electrons. The van der Waals surface area contributed by atoms with Crippen LogP contribution in [0.15, 0.2) is 27.6 Å². The SMILES string of the molecule is NCCNS(=O)(=O)c1ccc([N+](=O)[O-])c(Br)c1. The second kappa shape index (κ2) is 5.54. The summed E-state index contributed by atoms with van der Waals surface area (Å²) in [5, 5.41) is 10.5. The Balaban J connectivity index is 3.09. The molecule has 9 heteroatoms. The first-order valence-corrected chi connectivity index (χ1v) is 6.80. The van der Waals surface area contributed by atoms with Crippen LogP contribution in [0.4, 0.5) is 5.69 Å². The monoisotopic (exact) mass is 323 g/mol. The average molecular weight is 324 g/mol. The van der Waals surface area contributed by atoms with Crippen molar-refractivity contribution in [1.82, 2.24) is 4.72 Å². The number of nitrogens with one attached hydrogen (secondary N) is 1. The predicted molar refractivity (Wildman–Crippen MR) is 65.0 cm³/mol. The van der Waals surface area contributed by atoms with Crippen LogP contribution in [0.2, 0.25) is 0 Å². The molecule has 3 N–H and O–H groups in total. The molecular formula is C8H10BrN3O4S. The summed E-state index contributed by atoms with van der Waals surface area (Å²) in [5.74, 6) is 0. The number of benzene rings is 1. The molecule has 0 saturated heterocycles. The number of sulfonamides is 1. The maximum Gasteiger partial charge on any atom is 0.283 e. The minimum Gasteiger partial charge on any atom is -0.329 e. The second-order valence-corrected chi connectivity index (χ2v) is 5.68. The molecule has 1 aromatic carbocycles. The van der Waals surface area contributed by atoms with Crippen molar-refractivity contribution in [3.8, 4) is 0 Å². The van der Waals surface area contributed by atoms with E-state index in [4.69, 9.17) is 5.73 Å². The van der Waals surface area contributed by atoms with Gasteiger partial charge in [0.1, 0.15) is 0 Å². The second-order valence-electron chi connectivity index (χ2n) is 3.06. The van der Waals surface area contributed by atoms with Gasteiger partial charge in [0.2, 0.25) is 10.0 Å². The van der Waals surface area contributed by atoms with Crippen LogP contribution in [0.5, 0.6) is 0 Å². The molecule has 0 unspecified atom stereocenters. The Hall–Kier alpha value is -1.03. The topological polar surface area (TPSA) is 115 Å². The third-order valence-corrected chi connectivity index (χ3v) is 3.96. The summed E-state index contributed by atoms with van der Waals surface area (Å²) in [7, 11) is -3.67. The smallest absolute Gasteiger partial charge is 0.283 e. The molecule has 0 spiro atoms. The van der Waals surface area contributed by atoms with E-state index >= 15 is 0 Å². The van der Waals surface area contributed by atoms with Crippen molar-refractivity contribution in [3.63, 3.8) is 0 Å². The molecule has 17 heavy (non-hydrogen) atoms. The van der Waals surface area contributed by atoms with Crippen molar-refractivity contribution in [2.45, 2.75) is 4.90 Å². The van der Waals surface area contributed by atoms with Crippen LogP contribution in [0, 0.1) is 10.1 Å². The number of nitro benzene ring substituents is 1. The molecule has 0 saturated carbocycles. The van der Waals surface area contributed by atoms with Crippen LogP contribution in [0.1, 0.15) is 0 Å². The Labute approximate surface area is 106 Å². The molecule has 1 aromatic rings. The van der Waals surface area contributed by atoms with Crippen molar-refractivity contribution >= 4 is 31.6 Å². The maximum atomic E-state index is 11.7. The summed E-state index contributed by atoms with van der Waals surface area (Å²) >= 11 is 2.95. The van der Waals surface area contributed by atoms with E-state index in [0.717, 1.165) is 6.07 Å². The summed E-state index contributed by atoms with van der Waals surface area (Å²) in [5.41, 5.74) is 4.99. The summed E-state index contributed by atoms with van der Waals surface area (Å²) in [6.07, 6.45) is 0. The Bertz CT molecular complexity index is 532. The number of rotatable bonds is 5. The molecule has 0 amide bonds. The van der Waals surface area contributed by atoms with Gasteiger partial charge in [-0.2, -0.15) is 0 Å². The average Bonchev–Trinajstić information content (AvgIpc) is 2.25. The van der Waals surface area contributed by atoms with Gasteiger partial charge in [0, 0.05) is 19.2 Å². The van der Waals surface area contributed by atoms with Gasteiger partial charge in [0.15, 0.2) is 0 Å². The lowest BCUT2D eigenvalue weighted by atomic mass is 10.3. The fourth-order valence-corrected chi connectivity index (χ4v) is 2.83. The van der Waals surface area contributed by atoms with E-state index in [1.807, 2.05) is 0 Å². The van der Waals surface area contributed by atoms with Crippen LogP contribution in [0.3, 0.4) is 0 Å². The first-order chi connectivity index (χ1) is 7.88. The highest BCUT2D eigenvalue weighted by Crippen LogP contribution is 2.27. The Kier molecular flexibility index (Phi) is 4.57. The van der Waals surface area contributed by atoms with Gasteiger partial charge in [-0.3, -0.25) is 10.1 Å². The molecule has 1 rings (SSSR count). The third-order valence-electron chi connectivity index (χ3n) is 1.86. The molecule has 0 bridgehead atoms. The van der Waals surface area contributed by atoms with Crippen LogP contribution >= 0.6 is 15.9 Å². The number of hydrogen-bond donors (Lipinski definition) is 2. The van der Waals surface area contributed by atoms with Crippen molar-refractivity contribution in [1.29, 1.82) is 0 Å². The molecule has 0 aliphatic rings. The number of nitrogens with zero attached hydrogens (tertiary/aromatic N) is 1. The van der Waals surface area contributed by atoms with Crippen molar-refractivity contribution in [2.75, 3.05) is 13.1 Å². The zero-order valence-corrected chi connectivity index (χ0v) is 11.0. The Morgan fingerprint density at radius 3 is 2.59 bits per heavy atom. The fourth-order valence-electron chi connectivity index (χ4n) is 1.08. The summed E-state index contributed by atoms with van der Waals surface area (Å²) in [6.45, 7) is 0.282. The van der Waals surface area contributed by atoms with Gasteiger partial charge in [-0.05, 0) is 28.1 Å². The van der Waals surface area contributed by atoms with Gasteiger partial charge >= 0.3 is 0 Å². The van der Waals surface area contributed by atoms with Gasteiger partial charge in [-0.25, -0.2) is 13.1 Å². The van der Waals surface area contributed by atoms with Crippen LogP contribution < -0.4 is 10.5 Å². The molecule has 0 aliphatic heterocycles. The molecule has 0 heterocycles. The number of nitro groups is 1. The van der Waals surface area contributed by atoms with Gasteiger partial charge in [0.25, 0.3) is 5.69 Å².